The molecule has 0 bridgehead atoms. The minimum absolute atomic E-state index is 0.00996. The van der Waals surface area contributed by atoms with E-state index in [1.54, 1.807) is 4.68 Å². The molecule has 0 spiro atoms. The van der Waals surface area contributed by atoms with E-state index in [1.807, 2.05) is 19.9 Å². The summed E-state index contributed by atoms with van der Waals surface area (Å²) in [5.41, 5.74) is 1.70. The van der Waals surface area contributed by atoms with Gasteiger partial charge in [-0.2, -0.15) is 5.10 Å². The van der Waals surface area contributed by atoms with E-state index in [4.69, 9.17) is 16.7 Å². The minimum atomic E-state index is -1.15. The number of nitrogens with zero attached hydrogens (tertiary/aromatic N) is 2. The van der Waals surface area contributed by atoms with Crippen molar-refractivity contribution in [3.63, 3.8) is 0 Å². The number of benzene rings is 1. The SMILES string of the molecule is Cc1cc(C)n(CC(=O)Nc2c(Cl)cccc2C(=O)O)n1. The van der Waals surface area contributed by atoms with Crippen molar-refractivity contribution in [1.29, 1.82) is 0 Å². The number of halogens is 1. The van der Waals surface area contributed by atoms with Gasteiger partial charge >= 0.3 is 5.97 Å². The Morgan fingerprint density at radius 3 is 2.67 bits per heavy atom. The van der Waals surface area contributed by atoms with Gasteiger partial charge in [0.15, 0.2) is 0 Å². The number of rotatable bonds is 4. The second kappa shape index (κ2) is 5.97. The predicted octanol–water partition coefficient (Wildman–Crippen LogP) is 2.49. The van der Waals surface area contributed by atoms with E-state index in [2.05, 4.69) is 10.4 Å². The molecule has 0 radical (unpaired) electrons. The summed E-state index contributed by atoms with van der Waals surface area (Å²) in [6.45, 7) is 3.66. The van der Waals surface area contributed by atoms with Crippen LogP contribution in [0.25, 0.3) is 0 Å². The molecule has 0 saturated heterocycles. The highest BCUT2D eigenvalue weighted by Crippen LogP contribution is 2.26. The number of carbonyl (C=O) groups excluding carboxylic acids is 1. The summed E-state index contributed by atoms with van der Waals surface area (Å²) >= 11 is 5.96. The summed E-state index contributed by atoms with van der Waals surface area (Å²) in [5, 5.41) is 16.0. The van der Waals surface area contributed by atoms with Crippen LogP contribution in [0, 0.1) is 13.8 Å². The number of carbonyl (C=O) groups is 2. The Bertz CT molecular complexity index is 709. The molecule has 0 saturated carbocycles. The lowest BCUT2D eigenvalue weighted by Crippen LogP contribution is -2.21. The molecular formula is C14H14ClN3O3. The van der Waals surface area contributed by atoms with Gasteiger partial charge in [0.1, 0.15) is 6.54 Å². The van der Waals surface area contributed by atoms with Crippen LogP contribution in [0.2, 0.25) is 5.02 Å². The molecule has 1 aromatic carbocycles. The van der Waals surface area contributed by atoms with Crippen molar-refractivity contribution >= 4 is 29.2 Å². The quantitative estimate of drug-likeness (QED) is 0.909. The lowest BCUT2D eigenvalue weighted by atomic mass is 10.2. The maximum absolute atomic E-state index is 12.0. The minimum Gasteiger partial charge on any atom is -0.478 e. The number of nitrogens with one attached hydrogen (secondary N) is 1. The number of aryl methyl sites for hydroxylation is 2. The summed E-state index contributed by atoms with van der Waals surface area (Å²) in [4.78, 5) is 23.2. The number of carboxylic acid groups (broad SMARTS) is 1. The third-order valence-corrected chi connectivity index (χ3v) is 3.22. The molecule has 2 aromatic rings. The van der Waals surface area contributed by atoms with E-state index in [-0.39, 0.29) is 22.8 Å². The molecule has 21 heavy (non-hydrogen) atoms. The maximum Gasteiger partial charge on any atom is 0.337 e. The van der Waals surface area contributed by atoms with Crippen molar-refractivity contribution in [1.82, 2.24) is 9.78 Å². The zero-order valence-electron chi connectivity index (χ0n) is 11.6. The van der Waals surface area contributed by atoms with Crippen molar-refractivity contribution in [2.45, 2.75) is 20.4 Å². The first-order chi connectivity index (χ1) is 9.88. The molecule has 1 aromatic heterocycles. The summed E-state index contributed by atoms with van der Waals surface area (Å²) in [5.74, 6) is -1.55. The molecule has 7 heteroatoms. The Hall–Kier alpha value is -2.34. The predicted molar refractivity (Wildman–Crippen MR) is 78.7 cm³/mol. The molecule has 0 aliphatic heterocycles. The first-order valence-corrected chi connectivity index (χ1v) is 6.59. The lowest BCUT2D eigenvalue weighted by Gasteiger charge is -2.11. The van der Waals surface area contributed by atoms with E-state index in [0.29, 0.717) is 0 Å². The summed E-state index contributed by atoms with van der Waals surface area (Å²) in [6.07, 6.45) is 0. The number of hydrogen-bond donors (Lipinski definition) is 2. The van der Waals surface area contributed by atoms with Gasteiger partial charge in [-0.3, -0.25) is 9.48 Å². The Kier molecular flexibility index (Phi) is 4.28. The Morgan fingerprint density at radius 2 is 2.10 bits per heavy atom. The number of hydrogen-bond acceptors (Lipinski definition) is 3. The van der Waals surface area contributed by atoms with Crippen LogP contribution in [0.15, 0.2) is 24.3 Å². The molecule has 0 aliphatic carbocycles. The number of anilines is 1. The van der Waals surface area contributed by atoms with E-state index in [0.717, 1.165) is 11.4 Å². The molecule has 1 heterocycles. The topological polar surface area (TPSA) is 84.2 Å². The Morgan fingerprint density at radius 1 is 1.38 bits per heavy atom. The monoisotopic (exact) mass is 307 g/mol. The molecule has 110 valence electrons. The molecule has 2 N–H and O–H groups in total. The van der Waals surface area contributed by atoms with Gasteiger partial charge < -0.3 is 10.4 Å². The molecule has 0 atom stereocenters. The highest BCUT2D eigenvalue weighted by atomic mass is 35.5. The largest absolute Gasteiger partial charge is 0.478 e. The van der Waals surface area contributed by atoms with E-state index in [9.17, 15) is 9.59 Å². The van der Waals surface area contributed by atoms with Gasteiger partial charge in [-0.1, -0.05) is 17.7 Å². The second-order valence-corrected chi connectivity index (χ2v) is 5.01. The zero-order valence-corrected chi connectivity index (χ0v) is 12.3. The lowest BCUT2D eigenvalue weighted by molar-refractivity contribution is -0.116. The molecule has 2 rings (SSSR count). The van der Waals surface area contributed by atoms with Gasteiger partial charge in [0.05, 0.1) is 22.0 Å². The molecule has 0 fully saturated rings. The Labute approximate surface area is 126 Å². The van der Waals surface area contributed by atoms with Crippen LogP contribution in [0.1, 0.15) is 21.7 Å². The molecule has 0 aliphatic rings. The fraction of sp³-hybridized carbons (Fsp3) is 0.214. The van der Waals surface area contributed by atoms with Crippen LogP contribution in [-0.2, 0) is 11.3 Å². The van der Waals surface area contributed by atoms with Crippen molar-refractivity contribution < 1.29 is 14.7 Å². The van der Waals surface area contributed by atoms with Gasteiger partial charge in [-0.15, -0.1) is 0 Å². The standard InChI is InChI=1S/C14H14ClN3O3/c1-8-6-9(2)18(17-8)7-12(19)16-13-10(14(20)21)4-3-5-11(13)15/h3-6H,7H2,1-2H3,(H,16,19)(H,20,21). The van der Waals surface area contributed by atoms with E-state index in [1.165, 1.54) is 18.2 Å². The number of amides is 1. The highest BCUT2D eigenvalue weighted by Gasteiger charge is 2.16. The zero-order chi connectivity index (χ0) is 15.6. The van der Waals surface area contributed by atoms with Crippen LogP contribution in [0.3, 0.4) is 0 Å². The van der Waals surface area contributed by atoms with Crippen LogP contribution in [-0.4, -0.2) is 26.8 Å². The molecule has 6 nitrogen and oxygen atoms in total. The molecule has 0 unspecified atom stereocenters. The molecule has 1 amide bonds. The van der Waals surface area contributed by atoms with Crippen molar-refractivity contribution in [2.24, 2.45) is 0 Å². The van der Waals surface area contributed by atoms with Crippen molar-refractivity contribution in [3.05, 3.63) is 46.2 Å². The van der Waals surface area contributed by atoms with Crippen molar-refractivity contribution in [3.8, 4) is 0 Å². The summed E-state index contributed by atoms with van der Waals surface area (Å²) in [6, 6.07) is 6.27. The fourth-order valence-corrected chi connectivity index (χ4v) is 2.20. The van der Waals surface area contributed by atoms with Crippen LogP contribution in [0.5, 0.6) is 0 Å². The number of aromatic carboxylic acids is 1. The normalized spacial score (nSPS) is 10.4. The van der Waals surface area contributed by atoms with Crippen LogP contribution >= 0.6 is 11.6 Å². The van der Waals surface area contributed by atoms with E-state index < -0.39 is 11.9 Å². The third kappa shape index (κ3) is 3.41. The number of carboxylic acids is 1. The first kappa shape index (κ1) is 15.1. The average Bonchev–Trinajstić information content (AvgIpc) is 2.70. The Balaban J connectivity index is 2.20. The summed E-state index contributed by atoms with van der Waals surface area (Å²) < 4.78 is 1.54. The van der Waals surface area contributed by atoms with Gasteiger partial charge in [0.2, 0.25) is 5.91 Å². The third-order valence-electron chi connectivity index (χ3n) is 2.91. The van der Waals surface area contributed by atoms with Crippen LogP contribution in [0.4, 0.5) is 5.69 Å². The van der Waals surface area contributed by atoms with Crippen molar-refractivity contribution in [2.75, 3.05) is 5.32 Å². The van der Waals surface area contributed by atoms with Gasteiger partial charge in [0, 0.05) is 5.69 Å². The van der Waals surface area contributed by atoms with Crippen LogP contribution < -0.4 is 5.32 Å². The average molecular weight is 308 g/mol. The molecular weight excluding hydrogens is 294 g/mol. The van der Waals surface area contributed by atoms with Gasteiger partial charge in [-0.05, 0) is 32.0 Å². The maximum atomic E-state index is 12.0. The summed E-state index contributed by atoms with van der Waals surface area (Å²) in [7, 11) is 0. The number of aromatic nitrogens is 2. The van der Waals surface area contributed by atoms with Gasteiger partial charge in [-0.25, -0.2) is 4.79 Å². The smallest absolute Gasteiger partial charge is 0.337 e. The second-order valence-electron chi connectivity index (χ2n) is 4.60. The fourth-order valence-electron chi connectivity index (χ4n) is 1.98. The first-order valence-electron chi connectivity index (χ1n) is 6.21. The van der Waals surface area contributed by atoms with E-state index >= 15 is 0 Å². The highest BCUT2D eigenvalue weighted by molar-refractivity contribution is 6.34. The number of para-hydroxylation sites is 1. The van der Waals surface area contributed by atoms with Gasteiger partial charge in [0.25, 0.3) is 0 Å².